The topological polar surface area (TPSA) is 60.4 Å². The van der Waals surface area contributed by atoms with E-state index in [1.165, 1.54) is 20.8 Å². The van der Waals surface area contributed by atoms with E-state index in [2.05, 4.69) is 0 Å². The Balaban J connectivity index is 2.55. The SMILES string of the molecule is CC(C)(C)OC(=O)C(C(=O)c1ccc(C(F)(F)F)cc1C(F)(F)F)C(=O)C1CC1. The average molecular weight is 424 g/mol. The quantitative estimate of drug-likeness (QED) is 0.294. The van der Waals surface area contributed by atoms with Crippen molar-refractivity contribution in [2.75, 3.05) is 0 Å². The molecular weight excluding hydrogens is 406 g/mol. The molecule has 1 aromatic carbocycles. The molecule has 0 amide bonds. The molecule has 10 heteroatoms. The number of Topliss-reactive ketones (excluding diaryl/α,β-unsaturated/α-hetero) is 2. The summed E-state index contributed by atoms with van der Waals surface area (Å²) in [4.78, 5) is 37.6. The van der Waals surface area contributed by atoms with Gasteiger partial charge in [-0.2, -0.15) is 26.3 Å². The molecule has 4 nitrogen and oxygen atoms in total. The van der Waals surface area contributed by atoms with E-state index in [4.69, 9.17) is 4.74 Å². The molecule has 0 N–H and O–H groups in total. The standard InChI is InChI=1S/C19H18F6O4/c1-17(2,3)29-16(28)13(14(26)9-4-5-9)15(27)11-7-6-10(18(20,21)22)8-12(11)19(23,24)25/h6-9,13H,4-5H2,1-3H3. The summed E-state index contributed by atoms with van der Waals surface area (Å²) in [6.45, 7) is 4.31. The van der Waals surface area contributed by atoms with Gasteiger partial charge >= 0.3 is 18.3 Å². The summed E-state index contributed by atoms with van der Waals surface area (Å²) < 4.78 is 83.6. The largest absolute Gasteiger partial charge is 0.459 e. The minimum Gasteiger partial charge on any atom is -0.459 e. The minimum atomic E-state index is -5.31. The Kier molecular flexibility index (Phi) is 5.89. The van der Waals surface area contributed by atoms with Crippen LogP contribution in [0.3, 0.4) is 0 Å². The van der Waals surface area contributed by atoms with Gasteiger partial charge < -0.3 is 4.74 Å². The van der Waals surface area contributed by atoms with E-state index in [1.807, 2.05) is 0 Å². The third-order valence-electron chi connectivity index (χ3n) is 4.09. The molecule has 0 aliphatic heterocycles. The molecule has 0 spiro atoms. The van der Waals surface area contributed by atoms with Crippen LogP contribution in [0.25, 0.3) is 0 Å². The van der Waals surface area contributed by atoms with Crippen LogP contribution in [-0.2, 0) is 26.7 Å². The second-order valence-corrected chi connectivity index (χ2v) is 7.76. The molecule has 2 rings (SSSR count). The first-order valence-electron chi connectivity index (χ1n) is 8.61. The van der Waals surface area contributed by atoms with Gasteiger partial charge in [-0.25, -0.2) is 0 Å². The molecule has 0 heterocycles. The molecule has 0 aromatic heterocycles. The van der Waals surface area contributed by atoms with Crippen LogP contribution in [0.4, 0.5) is 26.3 Å². The summed E-state index contributed by atoms with van der Waals surface area (Å²) in [5.41, 5.74) is -5.79. The molecule has 1 unspecified atom stereocenters. The van der Waals surface area contributed by atoms with Crippen molar-refractivity contribution in [2.24, 2.45) is 11.8 Å². The first-order chi connectivity index (χ1) is 13.0. The van der Waals surface area contributed by atoms with Crippen LogP contribution < -0.4 is 0 Å². The third kappa shape index (κ3) is 5.57. The number of halogens is 6. The monoisotopic (exact) mass is 424 g/mol. The van der Waals surface area contributed by atoms with Gasteiger partial charge in [-0.05, 0) is 45.7 Å². The Bertz CT molecular complexity index is 829. The van der Waals surface area contributed by atoms with Crippen molar-refractivity contribution in [3.05, 3.63) is 34.9 Å². The number of alkyl halides is 6. The van der Waals surface area contributed by atoms with Crippen LogP contribution in [0.2, 0.25) is 0 Å². The van der Waals surface area contributed by atoms with Gasteiger partial charge in [0, 0.05) is 11.5 Å². The summed E-state index contributed by atoms with van der Waals surface area (Å²) in [7, 11) is 0. The number of ketones is 2. The summed E-state index contributed by atoms with van der Waals surface area (Å²) in [6, 6.07) is 0.433. The Labute approximate surface area is 162 Å². The second kappa shape index (κ2) is 7.46. The van der Waals surface area contributed by atoms with Crippen LogP contribution in [-0.4, -0.2) is 23.1 Å². The molecule has 1 fully saturated rings. The number of esters is 1. The highest BCUT2D eigenvalue weighted by molar-refractivity contribution is 6.23. The Morgan fingerprint density at radius 1 is 0.966 bits per heavy atom. The lowest BCUT2D eigenvalue weighted by Gasteiger charge is -2.24. The van der Waals surface area contributed by atoms with Crippen LogP contribution in [0, 0.1) is 11.8 Å². The summed E-state index contributed by atoms with van der Waals surface area (Å²) in [5, 5.41) is 0. The number of hydrogen-bond acceptors (Lipinski definition) is 4. The average Bonchev–Trinajstić information content (AvgIpc) is 3.35. The summed E-state index contributed by atoms with van der Waals surface area (Å²) in [6.07, 6.45) is -9.65. The van der Waals surface area contributed by atoms with E-state index in [9.17, 15) is 40.7 Å². The number of rotatable bonds is 5. The lowest BCUT2D eigenvalue weighted by Crippen LogP contribution is -2.39. The highest BCUT2D eigenvalue weighted by Crippen LogP contribution is 2.39. The fourth-order valence-electron chi connectivity index (χ4n) is 2.64. The van der Waals surface area contributed by atoms with Gasteiger partial charge in [0.25, 0.3) is 0 Å². The number of carbonyl (C=O) groups excluding carboxylic acids is 3. The normalized spacial score (nSPS) is 16.3. The van der Waals surface area contributed by atoms with Crippen molar-refractivity contribution in [3.8, 4) is 0 Å². The van der Waals surface area contributed by atoms with E-state index in [0.717, 1.165) is 0 Å². The van der Waals surface area contributed by atoms with E-state index in [0.29, 0.717) is 25.0 Å². The third-order valence-corrected chi connectivity index (χ3v) is 4.09. The molecule has 1 aliphatic rings. The number of hydrogen-bond donors (Lipinski definition) is 0. The van der Waals surface area contributed by atoms with Crippen molar-refractivity contribution in [2.45, 2.75) is 51.6 Å². The second-order valence-electron chi connectivity index (χ2n) is 7.76. The molecule has 0 saturated heterocycles. The highest BCUT2D eigenvalue weighted by atomic mass is 19.4. The van der Waals surface area contributed by atoms with Gasteiger partial charge in [-0.15, -0.1) is 0 Å². The van der Waals surface area contributed by atoms with Gasteiger partial charge in [0.2, 0.25) is 0 Å². The molecule has 0 bridgehead atoms. The molecule has 1 atom stereocenters. The van der Waals surface area contributed by atoms with E-state index < -0.39 is 64.0 Å². The highest BCUT2D eigenvalue weighted by Gasteiger charge is 2.47. The number of carbonyl (C=O) groups is 3. The van der Waals surface area contributed by atoms with Crippen LogP contribution >= 0.6 is 0 Å². The molecule has 0 radical (unpaired) electrons. The van der Waals surface area contributed by atoms with Gasteiger partial charge in [0.1, 0.15) is 5.60 Å². The smallest absolute Gasteiger partial charge is 0.417 e. The Morgan fingerprint density at radius 3 is 1.93 bits per heavy atom. The van der Waals surface area contributed by atoms with Crippen molar-refractivity contribution in [1.82, 2.24) is 0 Å². The molecule has 1 aliphatic carbocycles. The zero-order valence-corrected chi connectivity index (χ0v) is 15.7. The maximum atomic E-state index is 13.4. The van der Waals surface area contributed by atoms with Crippen molar-refractivity contribution in [1.29, 1.82) is 0 Å². The molecule has 1 aromatic rings. The lowest BCUT2D eigenvalue weighted by atomic mass is 9.88. The number of ether oxygens (including phenoxy) is 1. The van der Waals surface area contributed by atoms with Gasteiger partial charge in [0.05, 0.1) is 11.1 Å². The predicted molar refractivity (Wildman–Crippen MR) is 87.8 cm³/mol. The molecule has 160 valence electrons. The lowest BCUT2D eigenvalue weighted by molar-refractivity contribution is -0.160. The predicted octanol–water partition coefficient (Wildman–Crippen LogP) is 4.84. The Hall–Kier alpha value is -2.39. The van der Waals surface area contributed by atoms with Crippen molar-refractivity contribution < 1.29 is 45.5 Å². The number of benzene rings is 1. The summed E-state index contributed by atoms with van der Waals surface area (Å²) in [5.74, 6) is -6.58. The van der Waals surface area contributed by atoms with E-state index in [1.54, 1.807) is 0 Å². The first-order valence-corrected chi connectivity index (χ1v) is 8.61. The van der Waals surface area contributed by atoms with Crippen molar-refractivity contribution >= 4 is 17.5 Å². The fourth-order valence-corrected chi connectivity index (χ4v) is 2.64. The van der Waals surface area contributed by atoms with Gasteiger partial charge in [-0.1, -0.05) is 6.07 Å². The first kappa shape index (κ1) is 22.9. The zero-order valence-electron chi connectivity index (χ0n) is 15.7. The molecule has 1 saturated carbocycles. The Morgan fingerprint density at radius 2 is 1.52 bits per heavy atom. The van der Waals surface area contributed by atoms with E-state index >= 15 is 0 Å². The van der Waals surface area contributed by atoms with Gasteiger partial charge in [0.15, 0.2) is 17.5 Å². The van der Waals surface area contributed by atoms with E-state index in [-0.39, 0.29) is 6.07 Å². The van der Waals surface area contributed by atoms with Crippen molar-refractivity contribution in [3.63, 3.8) is 0 Å². The minimum absolute atomic E-state index is 0.207. The van der Waals surface area contributed by atoms with Gasteiger partial charge in [-0.3, -0.25) is 14.4 Å². The maximum Gasteiger partial charge on any atom is 0.417 e. The zero-order chi connectivity index (χ0) is 22.4. The molecule has 29 heavy (non-hydrogen) atoms. The maximum absolute atomic E-state index is 13.4. The van der Waals surface area contributed by atoms with Crippen LogP contribution in [0.5, 0.6) is 0 Å². The molecular formula is C19H18F6O4. The summed E-state index contributed by atoms with van der Waals surface area (Å²) >= 11 is 0. The van der Waals surface area contributed by atoms with Crippen LogP contribution in [0.1, 0.15) is 55.1 Å². The van der Waals surface area contributed by atoms with Crippen LogP contribution in [0.15, 0.2) is 18.2 Å². The fraction of sp³-hybridized carbons (Fsp3) is 0.526.